The van der Waals surface area contributed by atoms with E-state index in [1.54, 1.807) is 13.2 Å². The third kappa shape index (κ3) is 3.34. The van der Waals surface area contributed by atoms with Crippen LogP contribution in [0.2, 0.25) is 0 Å². The highest BCUT2D eigenvalue weighted by Crippen LogP contribution is 2.65. The van der Waals surface area contributed by atoms with Gasteiger partial charge in [0, 0.05) is 18.0 Å². The van der Waals surface area contributed by atoms with Crippen molar-refractivity contribution in [1.29, 1.82) is 0 Å². The van der Waals surface area contributed by atoms with Crippen LogP contribution < -0.4 is 9.47 Å². The van der Waals surface area contributed by atoms with E-state index in [1.165, 1.54) is 6.92 Å². The first-order chi connectivity index (χ1) is 16.6. The Bertz CT molecular complexity index is 1130. The van der Waals surface area contributed by atoms with E-state index in [9.17, 15) is 19.5 Å². The number of ether oxygens (including phenoxy) is 4. The van der Waals surface area contributed by atoms with Crippen molar-refractivity contribution in [2.24, 2.45) is 0 Å². The predicted molar refractivity (Wildman–Crippen MR) is 120 cm³/mol. The van der Waals surface area contributed by atoms with Gasteiger partial charge >= 0.3 is 17.9 Å². The van der Waals surface area contributed by atoms with Crippen molar-refractivity contribution in [1.82, 2.24) is 4.90 Å². The van der Waals surface area contributed by atoms with Crippen LogP contribution in [0.4, 0.5) is 0 Å². The maximum absolute atomic E-state index is 12.6. The number of likely N-dealkylation sites (N-methyl/N-ethyl adjacent to an activating group) is 1. The number of benzene rings is 1. The highest BCUT2D eigenvalue weighted by atomic mass is 16.6. The largest absolute Gasteiger partial charge is 0.493 e. The summed E-state index contributed by atoms with van der Waals surface area (Å²) in [4.78, 5) is 37.6. The Morgan fingerprint density at radius 2 is 2.00 bits per heavy atom. The molecule has 1 unspecified atom stereocenters. The fraction of sp³-hybridized carbons (Fsp3) is 0.560. The number of piperidine rings is 1. The summed E-state index contributed by atoms with van der Waals surface area (Å²) in [5.41, 5.74) is 0.123. The molecular formula is C25H29NO9. The molecule has 188 valence electrons. The summed E-state index contributed by atoms with van der Waals surface area (Å²) in [6.45, 7) is 1.99. The van der Waals surface area contributed by atoms with E-state index in [4.69, 9.17) is 24.1 Å². The summed E-state index contributed by atoms with van der Waals surface area (Å²) in [5.74, 6) is -1.28. The lowest BCUT2D eigenvalue weighted by Crippen LogP contribution is -2.74. The van der Waals surface area contributed by atoms with Crippen LogP contribution in [0.15, 0.2) is 24.0 Å². The van der Waals surface area contributed by atoms with Crippen molar-refractivity contribution in [3.05, 3.63) is 35.1 Å². The molecule has 35 heavy (non-hydrogen) atoms. The number of carbonyl (C=O) groups is 3. The molecule has 10 nitrogen and oxygen atoms in total. The first kappa shape index (κ1) is 23.6. The van der Waals surface area contributed by atoms with Crippen LogP contribution in [0.1, 0.15) is 43.7 Å². The SMILES string of the molecule is COc1ccc2c3c1O[C@H]1C(OC(=O)CCC(=O)OC(C)C(=O)O)=CC[C@@]4(O)[C@@H](C2)N(C)CC[C@]314. The summed E-state index contributed by atoms with van der Waals surface area (Å²) >= 11 is 0. The number of rotatable bonds is 7. The molecule has 10 heteroatoms. The first-order valence-corrected chi connectivity index (χ1v) is 11.7. The van der Waals surface area contributed by atoms with Crippen LogP contribution in [0, 0.1) is 0 Å². The number of hydrogen-bond donors (Lipinski definition) is 2. The maximum Gasteiger partial charge on any atom is 0.344 e. The van der Waals surface area contributed by atoms with Crippen molar-refractivity contribution in [3.8, 4) is 11.5 Å². The molecule has 2 heterocycles. The van der Waals surface area contributed by atoms with Crippen molar-refractivity contribution in [3.63, 3.8) is 0 Å². The molecule has 1 fully saturated rings. The quantitative estimate of drug-likeness (QED) is 0.543. The summed E-state index contributed by atoms with van der Waals surface area (Å²) in [7, 11) is 3.58. The van der Waals surface area contributed by atoms with Gasteiger partial charge in [-0.1, -0.05) is 6.07 Å². The van der Waals surface area contributed by atoms with Crippen LogP contribution >= 0.6 is 0 Å². The fourth-order valence-corrected chi connectivity index (χ4v) is 6.28. The molecule has 4 aliphatic rings. The molecule has 1 aromatic rings. The predicted octanol–water partition coefficient (Wildman–Crippen LogP) is 1.31. The van der Waals surface area contributed by atoms with Gasteiger partial charge in [-0.05, 0) is 51.1 Å². The van der Waals surface area contributed by atoms with E-state index in [-0.39, 0.29) is 18.9 Å². The lowest BCUT2D eigenvalue weighted by atomic mass is 9.50. The number of aliphatic hydroxyl groups is 1. The molecule has 2 N–H and O–H groups in total. The van der Waals surface area contributed by atoms with E-state index in [0.717, 1.165) is 17.7 Å². The number of hydrogen-bond acceptors (Lipinski definition) is 9. The topological polar surface area (TPSA) is 132 Å². The van der Waals surface area contributed by atoms with Gasteiger partial charge in [0.05, 0.1) is 31.0 Å². The third-order valence-electron chi connectivity index (χ3n) is 7.98. The zero-order valence-electron chi connectivity index (χ0n) is 19.9. The second-order valence-electron chi connectivity index (χ2n) is 9.73. The average Bonchev–Trinajstić information content (AvgIpc) is 3.17. The molecule has 0 radical (unpaired) electrons. The van der Waals surface area contributed by atoms with Crippen molar-refractivity contribution in [2.45, 2.75) is 68.3 Å². The van der Waals surface area contributed by atoms with E-state index in [0.29, 0.717) is 36.5 Å². The van der Waals surface area contributed by atoms with E-state index in [2.05, 4.69) is 4.90 Å². The first-order valence-electron chi connectivity index (χ1n) is 11.7. The number of carboxylic acid groups (broad SMARTS) is 1. The number of carbonyl (C=O) groups excluding carboxylic acids is 2. The minimum Gasteiger partial charge on any atom is -0.493 e. The van der Waals surface area contributed by atoms with Gasteiger partial charge < -0.3 is 34.1 Å². The van der Waals surface area contributed by atoms with Crippen molar-refractivity contribution in [2.75, 3.05) is 20.7 Å². The van der Waals surface area contributed by atoms with Gasteiger partial charge in [-0.2, -0.15) is 0 Å². The molecule has 0 aromatic heterocycles. The Hall–Kier alpha value is -3.11. The second-order valence-corrected chi connectivity index (χ2v) is 9.73. The second kappa shape index (κ2) is 8.23. The van der Waals surface area contributed by atoms with Crippen LogP contribution in [-0.4, -0.2) is 77.6 Å². The van der Waals surface area contributed by atoms with Gasteiger partial charge in [0.25, 0.3) is 0 Å². The Morgan fingerprint density at radius 3 is 2.71 bits per heavy atom. The molecule has 1 saturated heterocycles. The Morgan fingerprint density at radius 1 is 1.26 bits per heavy atom. The fourth-order valence-electron chi connectivity index (χ4n) is 6.28. The Balaban J connectivity index is 1.41. The van der Waals surface area contributed by atoms with Crippen LogP contribution in [-0.2, 0) is 35.7 Å². The summed E-state index contributed by atoms with van der Waals surface area (Å²) in [6.07, 6.45) is 0.689. The Labute approximate surface area is 202 Å². The molecule has 5 rings (SSSR count). The zero-order chi connectivity index (χ0) is 25.1. The molecule has 5 atom stereocenters. The number of methoxy groups -OCH3 is 1. The van der Waals surface area contributed by atoms with Crippen LogP contribution in [0.5, 0.6) is 11.5 Å². The highest BCUT2D eigenvalue weighted by molar-refractivity contribution is 5.81. The van der Waals surface area contributed by atoms with Gasteiger partial charge in [0.2, 0.25) is 0 Å². The number of nitrogens with zero attached hydrogens (tertiary/aromatic N) is 1. The maximum atomic E-state index is 12.6. The Kier molecular flexibility index (Phi) is 5.56. The molecule has 2 bridgehead atoms. The summed E-state index contributed by atoms with van der Waals surface area (Å²) < 4.78 is 22.4. The van der Waals surface area contributed by atoms with E-state index in [1.807, 2.05) is 19.2 Å². The summed E-state index contributed by atoms with van der Waals surface area (Å²) in [6, 6.07) is 3.76. The summed E-state index contributed by atoms with van der Waals surface area (Å²) in [5, 5.41) is 21.0. The third-order valence-corrected chi connectivity index (χ3v) is 7.98. The number of aliphatic carboxylic acids is 1. The van der Waals surface area contributed by atoms with Gasteiger partial charge in [0.15, 0.2) is 23.7 Å². The van der Waals surface area contributed by atoms with Crippen LogP contribution in [0.25, 0.3) is 0 Å². The molecular weight excluding hydrogens is 458 g/mol. The van der Waals surface area contributed by atoms with E-state index < -0.39 is 41.1 Å². The minimum absolute atomic E-state index is 0.117. The molecule has 1 spiro atoms. The number of carboxylic acids is 1. The lowest BCUT2D eigenvalue weighted by molar-refractivity contribution is -0.170. The van der Waals surface area contributed by atoms with Gasteiger partial charge in [-0.15, -0.1) is 0 Å². The molecule has 2 aliphatic heterocycles. The van der Waals surface area contributed by atoms with Crippen molar-refractivity contribution < 1.29 is 43.5 Å². The monoisotopic (exact) mass is 487 g/mol. The molecule has 2 aliphatic carbocycles. The average molecular weight is 488 g/mol. The smallest absolute Gasteiger partial charge is 0.344 e. The van der Waals surface area contributed by atoms with Gasteiger partial charge in [-0.3, -0.25) is 9.59 Å². The van der Waals surface area contributed by atoms with Crippen LogP contribution in [0.3, 0.4) is 0 Å². The molecule has 0 saturated carbocycles. The molecule has 0 amide bonds. The normalized spacial score (nSPS) is 30.9. The minimum atomic E-state index is -1.30. The van der Waals surface area contributed by atoms with Gasteiger partial charge in [0.1, 0.15) is 5.76 Å². The number of esters is 2. The zero-order valence-corrected chi connectivity index (χ0v) is 19.9. The lowest BCUT2D eigenvalue weighted by Gasteiger charge is -2.61. The molecule has 1 aromatic carbocycles. The highest BCUT2D eigenvalue weighted by Gasteiger charge is 2.72. The number of likely N-dealkylation sites (tertiary alicyclic amines) is 1. The van der Waals surface area contributed by atoms with Crippen molar-refractivity contribution >= 4 is 17.9 Å². The van der Waals surface area contributed by atoms with E-state index >= 15 is 0 Å². The standard InChI is InChI=1S/C25H29NO9/c1-13(23(29)30)33-18(27)6-7-19(28)34-16-8-9-25(31)17-12-14-4-5-15(32-3)21-20(14)24(25,22(16)35-21)10-11-26(17)2/h4-5,8,13,17,22,31H,6-7,9-12H2,1-3H3,(H,29,30)/t13?,17-,22+,24+,25-/m1/s1. The van der Waals surface area contributed by atoms with Gasteiger partial charge in [-0.25, -0.2) is 4.79 Å².